The van der Waals surface area contributed by atoms with Crippen LogP contribution in [0.2, 0.25) is 0 Å². The van der Waals surface area contributed by atoms with Gasteiger partial charge in [0, 0.05) is 30.4 Å². The van der Waals surface area contributed by atoms with E-state index < -0.39 is 0 Å². The monoisotopic (exact) mass is 378 g/mol. The molecular formula is C22H26N4O2. The molecule has 1 fully saturated rings. The first-order valence-electron chi connectivity index (χ1n) is 10.0. The fourth-order valence-electron chi connectivity index (χ4n) is 3.71. The van der Waals surface area contributed by atoms with Crippen molar-refractivity contribution in [2.24, 2.45) is 0 Å². The molecular weight excluding hydrogens is 352 g/mol. The van der Waals surface area contributed by atoms with Crippen LogP contribution in [0.15, 0.2) is 36.4 Å². The Morgan fingerprint density at radius 3 is 2.57 bits per heavy atom. The number of hydrogen-bond donors (Lipinski definition) is 0. The van der Waals surface area contributed by atoms with Crippen molar-refractivity contribution in [3.8, 4) is 17.0 Å². The van der Waals surface area contributed by atoms with Gasteiger partial charge in [-0.1, -0.05) is 0 Å². The predicted molar refractivity (Wildman–Crippen MR) is 108 cm³/mol. The number of aryl methyl sites for hydroxylation is 1. The summed E-state index contributed by atoms with van der Waals surface area (Å²) in [6, 6.07) is 11.9. The van der Waals surface area contributed by atoms with Crippen molar-refractivity contribution in [2.45, 2.75) is 39.5 Å². The van der Waals surface area contributed by atoms with E-state index in [2.05, 4.69) is 5.10 Å². The number of piperidine rings is 1. The van der Waals surface area contributed by atoms with Crippen molar-refractivity contribution in [3.63, 3.8) is 0 Å². The van der Waals surface area contributed by atoms with Gasteiger partial charge in [-0.25, -0.2) is 9.50 Å². The second-order valence-electron chi connectivity index (χ2n) is 7.26. The number of hydrogen-bond acceptors (Lipinski definition) is 4. The first-order valence-corrected chi connectivity index (χ1v) is 10.0. The van der Waals surface area contributed by atoms with Crippen LogP contribution >= 0.6 is 0 Å². The van der Waals surface area contributed by atoms with Crippen LogP contribution in [0.5, 0.6) is 5.75 Å². The molecule has 0 radical (unpaired) electrons. The molecule has 2 aromatic heterocycles. The second-order valence-corrected chi connectivity index (χ2v) is 7.26. The van der Waals surface area contributed by atoms with Crippen LogP contribution in [0.3, 0.4) is 0 Å². The van der Waals surface area contributed by atoms with Crippen LogP contribution in [0, 0.1) is 6.92 Å². The first-order chi connectivity index (χ1) is 13.6. The lowest BCUT2D eigenvalue weighted by Gasteiger charge is -2.26. The fourth-order valence-corrected chi connectivity index (χ4v) is 3.71. The summed E-state index contributed by atoms with van der Waals surface area (Å²) in [6.45, 7) is 6.37. The second kappa shape index (κ2) is 8.00. The van der Waals surface area contributed by atoms with Crippen LogP contribution < -0.4 is 4.74 Å². The molecule has 6 heteroatoms. The summed E-state index contributed by atoms with van der Waals surface area (Å²) in [5.41, 5.74) is 4.45. The third-order valence-corrected chi connectivity index (χ3v) is 5.16. The molecule has 146 valence electrons. The molecule has 0 saturated carbocycles. The first kappa shape index (κ1) is 18.5. The Morgan fingerprint density at radius 2 is 1.86 bits per heavy atom. The summed E-state index contributed by atoms with van der Waals surface area (Å²) in [5.74, 6) is 1.01. The van der Waals surface area contributed by atoms with E-state index in [9.17, 15) is 4.79 Å². The Hall–Kier alpha value is -2.89. The molecule has 1 aliphatic rings. The fraction of sp³-hybridized carbons (Fsp3) is 0.409. The van der Waals surface area contributed by atoms with Crippen LogP contribution in [0.4, 0.5) is 0 Å². The molecule has 0 aliphatic carbocycles. The quantitative estimate of drug-likeness (QED) is 0.680. The summed E-state index contributed by atoms with van der Waals surface area (Å²) < 4.78 is 7.33. The van der Waals surface area contributed by atoms with Gasteiger partial charge in [0.1, 0.15) is 5.75 Å². The minimum atomic E-state index is 0.160. The van der Waals surface area contributed by atoms with Gasteiger partial charge in [0.2, 0.25) is 5.91 Å². The lowest BCUT2D eigenvalue weighted by molar-refractivity contribution is -0.131. The predicted octanol–water partition coefficient (Wildman–Crippen LogP) is 3.66. The standard InChI is InChI=1S/C22H26N4O2/c1-3-28-19-9-7-17(8-10-19)20-13-16(2)26-21(23-20)14-18(24-26)15-22(27)25-11-5-4-6-12-25/h7-10,13-14H,3-6,11-12,15H2,1-2H3. The Morgan fingerprint density at radius 1 is 1.11 bits per heavy atom. The summed E-state index contributed by atoms with van der Waals surface area (Å²) in [5, 5.41) is 4.61. The zero-order valence-corrected chi connectivity index (χ0v) is 16.5. The van der Waals surface area contributed by atoms with E-state index in [0.717, 1.165) is 60.0 Å². The summed E-state index contributed by atoms with van der Waals surface area (Å²) in [4.78, 5) is 19.3. The average Bonchev–Trinajstić information content (AvgIpc) is 3.12. The molecule has 6 nitrogen and oxygen atoms in total. The Labute approximate surface area is 165 Å². The number of benzene rings is 1. The van der Waals surface area contributed by atoms with E-state index in [1.165, 1.54) is 6.42 Å². The normalized spacial score (nSPS) is 14.4. The number of carbonyl (C=O) groups is 1. The number of amides is 1. The third kappa shape index (κ3) is 3.86. The summed E-state index contributed by atoms with van der Waals surface area (Å²) >= 11 is 0. The molecule has 3 heterocycles. The SMILES string of the molecule is CCOc1ccc(-c2cc(C)n3nc(CC(=O)N4CCCCC4)cc3n2)cc1. The van der Waals surface area contributed by atoms with Gasteiger partial charge < -0.3 is 9.64 Å². The molecule has 1 aliphatic heterocycles. The molecule has 4 rings (SSSR count). The Kier molecular flexibility index (Phi) is 5.28. The van der Waals surface area contributed by atoms with Crippen LogP contribution in [0.25, 0.3) is 16.9 Å². The zero-order chi connectivity index (χ0) is 19.5. The Balaban J connectivity index is 1.57. The summed E-state index contributed by atoms with van der Waals surface area (Å²) in [7, 11) is 0. The van der Waals surface area contributed by atoms with Crippen molar-refractivity contribution < 1.29 is 9.53 Å². The molecule has 1 amide bonds. The van der Waals surface area contributed by atoms with Gasteiger partial charge >= 0.3 is 0 Å². The van der Waals surface area contributed by atoms with Crippen molar-refractivity contribution in [2.75, 3.05) is 19.7 Å². The van der Waals surface area contributed by atoms with E-state index in [1.807, 2.05) is 59.7 Å². The lowest BCUT2D eigenvalue weighted by atomic mass is 10.1. The maximum Gasteiger partial charge on any atom is 0.228 e. The maximum absolute atomic E-state index is 12.5. The molecule has 0 unspecified atom stereocenters. The molecule has 1 aromatic carbocycles. The maximum atomic E-state index is 12.5. The van der Waals surface area contributed by atoms with Crippen molar-refractivity contribution in [1.29, 1.82) is 0 Å². The van der Waals surface area contributed by atoms with Crippen molar-refractivity contribution in [3.05, 3.63) is 47.8 Å². The van der Waals surface area contributed by atoms with Gasteiger partial charge in [-0.3, -0.25) is 4.79 Å². The molecule has 1 saturated heterocycles. The van der Waals surface area contributed by atoms with Crippen molar-refractivity contribution in [1.82, 2.24) is 19.5 Å². The van der Waals surface area contributed by atoms with Gasteiger partial charge in [0.15, 0.2) is 5.65 Å². The number of aromatic nitrogens is 3. The summed E-state index contributed by atoms with van der Waals surface area (Å²) in [6.07, 6.45) is 3.75. The smallest absolute Gasteiger partial charge is 0.228 e. The highest BCUT2D eigenvalue weighted by Gasteiger charge is 2.18. The molecule has 0 N–H and O–H groups in total. The highest BCUT2D eigenvalue weighted by molar-refractivity contribution is 5.78. The van der Waals surface area contributed by atoms with Crippen LogP contribution in [-0.4, -0.2) is 45.1 Å². The van der Waals surface area contributed by atoms with E-state index in [0.29, 0.717) is 13.0 Å². The number of rotatable bonds is 5. The largest absolute Gasteiger partial charge is 0.494 e. The van der Waals surface area contributed by atoms with Gasteiger partial charge in [0.25, 0.3) is 0 Å². The number of carbonyl (C=O) groups excluding carboxylic acids is 1. The van der Waals surface area contributed by atoms with E-state index >= 15 is 0 Å². The van der Waals surface area contributed by atoms with Crippen LogP contribution in [-0.2, 0) is 11.2 Å². The number of nitrogens with zero attached hydrogens (tertiary/aromatic N) is 4. The molecule has 28 heavy (non-hydrogen) atoms. The number of ether oxygens (including phenoxy) is 1. The highest BCUT2D eigenvalue weighted by atomic mass is 16.5. The van der Waals surface area contributed by atoms with Gasteiger partial charge in [-0.05, 0) is 63.4 Å². The van der Waals surface area contributed by atoms with Gasteiger partial charge in [0.05, 0.1) is 24.4 Å². The highest BCUT2D eigenvalue weighted by Crippen LogP contribution is 2.23. The zero-order valence-electron chi connectivity index (χ0n) is 16.5. The number of fused-ring (bicyclic) bond motifs is 1. The van der Waals surface area contributed by atoms with Gasteiger partial charge in [-0.15, -0.1) is 0 Å². The molecule has 0 bridgehead atoms. The molecule has 0 spiro atoms. The molecule has 3 aromatic rings. The minimum Gasteiger partial charge on any atom is -0.494 e. The number of likely N-dealkylation sites (tertiary alicyclic amines) is 1. The van der Waals surface area contributed by atoms with Crippen molar-refractivity contribution >= 4 is 11.6 Å². The van der Waals surface area contributed by atoms with E-state index in [1.54, 1.807) is 0 Å². The lowest BCUT2D eigenvalue weighted by Crippen LogP contribution is -2.36. The van der Waals surface area contributed by atoms with Gasteiger partial charge in [-0.2, -0.15) is 5.10 Å². The van der Waals surface area contributed by atoms with E-state index in [4.69, 9.17) is 9.72 Å². The van der Waals surface area contributed by atoms with Crippen LogP contribution in [0.1, 0.15) is 37.6 Å². The average molecular weight is 378 g/mol. The van der Waals surface area contributed by atoms with E-state index in [-0.39, 0.29) is 5.91 Å². The topological polar surface area (TPSA) is 59.7 Å². The Bertz CT molecular complexity index is 972. The third-order valence-electron chi connectivity index (χ3n) is 5.16. The minimum absolute atomic E-state index is 0.160. The molecule has 0 atom stereocenters.